The fraction of sp³-hybridized carbons (Fsp3) is 0.533. The van der Waals surface area contributed by atoms with Gasteiger partial charge in [-0.3, -0.25) is 0 Å². The number of halogens is 2. The molecule has 0 aliphatic rings. The second-order valence-corrected chi connectivity index (χ2v) is 7.82. The van der Waals surface area contributed by atoms with Crippen LogP contribution in [0.5, 0.6) is 0 Å². The van der Waals surface area contributed by atoms with E-state index in [1.807, 2.05) is 12.3 Å². The highest BCUT2D eigenvalue weighted by Crippen LogP contribution is 2.35. The zero-order valence-electron chi connectivity index (χ0n) is 12.3. The fourth-order valence-electron chi connectivity index (χ4n) is 2.28. The van der Waals surface area contributed by atoms with Gasteiger partial charge in [-0.25, -0.2) is 4.98 Å². The molecule has 19 heavy (non-hydrogen) atoms. The molecule has 4 heteroatoms. The van der Waals surface area contributed by atoms with E-state index in [4.69, 9.17) is 28.2 Å². The summed E-state index contributed by atoms with van der Waals surface area (Å²) in [6.45, 7) is 13.1. The Morgan fingerprint density at radius 3 is 2.00 bits per heavy atom. The minimum Gasteiger partial charge on any atom is -0.302 e. The van der Waals surface area contributed by atoms with Gasteiger partial charge >= 0.3 is 0 Å². The number of hydrogen-bond acceptors (Lipinski definition) is 1. The minimum absolute atomic E-state index is 0.0147. The molecule has 0 atom stereocenters. The van der Waals surface area contributed by atoms with Gasteiger partial charge in [0.15, 0.2) is 0 Å². The van der Waals surface area contributed by atoms with Crippen molar-refractivity contribution in [3.05, 3.63) is 33.7 Å². The lowest BCUT2D eigenvalue weighted by Crippen LogP contribution is -2.23. The monoisotopic (exact) mass is 298 g/mol. The van der Waals surface area contributed by atoms with Crippen LogP contribution in [0.25, 0.3) is 5.65 Å². The van der Waals surface area contributed by atoms with Gasteiger partial charge in [-0.1, -0.05) is 64.7 Å². The maximum atomic E-state index is 6.15. The Kier molecular flexibility index (Phi) is 3.39. The number of hydrogen-bond donors (Lipinski definition) is 0. The first-order chi connectivity index (χ1) is 8.51. The summed E-state index contributed by atoms with van der Waals surface area (Å²) in [6, 6.07) is 1.83. The van der Waals surface area contributed by atoms with Crippen molar-refractivity contribution < 1.29 is 0 Å². The normalized spacial score (nSPS) is 13.3. The zero-order valence-corrected chi connectivity index (χ0v) is 13.8. The lowest BCUT2D eigenvalue weighted by Gasteiger charge is -2.25. The van der Waals surface area contributed by atoms with E-state index < -0.39 is 0 Å². The molecule has 0 N–H and O–H groups in total. The molecule has 0 radical (unpaired) electrons. The molecule has 0 saturated carbocycles. The van der Waals surface area contributed by atoms with E-state index >= 15 is 0 Å². The van der Waals surface area contributed by atoms with Crippen LogP contribution in [0, 0.1) is 0 Å². The third kappa shape index (κ3) is 2.61. The highest BCUT2D eigenvalue weighted by molar-refractivity contribution is 6.42. The van der Waals surface area contributed by atoms with Crippen molar-refractivity contribution in [2.75, 3.05) is 0 Å². The molecule has 0 aliphatic carbocycles. The van der Waals surface area contributed by atoms with E-state index in [1.165, 1.54) is 5.69 Å². The SMILES string of the molecule is CC(C)(C)c1nc2cc(Cl)c(Cl)cn2c1C(C)(C)C. The predicted molar refractivity (Wildman–Crippen MR) is 82.6 cm³/mol. The molecule has 2 nitrogen and oxygen atoms in total. The van der Waals surface area contributed by atoms with Crippen LogP contribution in [-0.2, 0) is 10.8 Å². The molecule has 0 unspecified atom stereocenters. The van der Waals surface area contributed by atoms with Crippen LogP contribution in [0.3, 0.4) is 0 Å². The summed E-state index contributed by atoms with van der Waals surface area (Å²) in [7, 11) is 0. The topological polar surface area (TPSA) is 17.3 Å². The van der Waals surface area contributed by atoms with Gasteiger partial charge in [0, 0.05) is 23.1 Å². The Balaban J connectivity index is 2.90. The maximum absolute atomic E-state index is 6.15. The molecular weight excluding hydrogens is 279 g/mol. The summed E-state index contributed by atoms with van der Waals surface area (Å²) in [5.41, 5.74) is 3.10. The first-order valence-electron chi connectivity index (χ1n) is 6.40. The summed E-state index contributed by atoms with van der Waals surface area (Å²) in [5, 5.41) is 1.10. The molecule has 0 amide bonds. The van der Waals surface area contributed by atoms with Crippen LogP contribution in [0.4, 0.5) is 0 Å². The molecule has 0 saturated heterocycles. The number of imidazole rings is 1. The van der Waals surface area contributed by atoms with E-state index in [-0.39, 0.29) is 10.8 Å². The molecule has 0 fully saturated rings. The molecule has 0 aromatic carbocycles. The largest absolute Gasteiger partial charge is 0.302 e. The molecule has 0 spiro atoms. The van der Waals surface area contributed by atoms with Crippen molar-refractivity contribution in [1.29, 1.82) is 0 Å². The lowest BCUT2D eigenvalue weighted by atomic mass is 9.82. The minimum atomic E-state index is -0.0203. The predicted octanol–water partition coefficient (Wildman–Crippen LogP) is 5.24. The van der Waals surface area contributed by atoms with E-state index in [9.17, 15) is 0 Å². The average Bonchev–Trinajstić information content (AvgIpc) is 2.56. The third-order valence-corrected chi connectivity index (χ3v) is 3.80. The Morgan fingerprint density at radius 1 is 0.947 bits per heavy atom. The van der Waals surface area contributed by atoms with E-state index in [1.54, 1.807) is 0 Å². The average molecular weight is 299 g/mol. The van der Waals surface area contributed by atoms with Crippen LogP contribution in [0.2, 0.25) is 10.0 Å². The van der Waals surface area contributed by atoms with Crippen molar-refractivity contribution in [3.8, 4) is 0 Å². The standard InChI is InChI=1S/C15H20Cl2N2/c1-14(2,3)12-13(15(4,5)6)19-8-10(17)9(16)7-11(19)18-12/h7-8H,1-6H3. The van der Waals surface area contributed by atoms with Crippen molar-refractivity contribution in [2.24, 2.45) is 0 Å². The molecule has 2 aromatic rings. The molecular formula is C15H20Cl2N2. The second kappa shape index (κ2) is 4.39. The van der Waals surface area contributed by atoms with Crippen molar-refractivity contribution in [1.82, 2.24) is 9.38 Å². The number of fused-ring (bicyclic) bond motifs is 1. The van der Waals surface area contributed by atoms with Gasteiger partial charge < -0.3 is 4.40 Å². The van der Waals surface area contributed by atoms with Crippen molar-refractivity contribution >= 4 is 28.8 Å². The van der Waals surface area contributed by atoms with Crippen LogP contribution in [0.1, 0.15) is 52.9 Å². The highest BCUT2D eigenvalue weighted by Gasteiger charge is 2.30. The first-order valence-corrected chi connectivity index (χ1v) is 7.15. The quantitative estimate of drug-likeness (QED) is 0.650. The molecule has 2 rings (SSSR count). The van der Waals surface area contributed by atoms with Crippen LogP contribution in [0.15, 0.2) is 12.3 Å². The fourth-order valence-corrected chi connectivity index (χ4v) is 2.58. The van der Waals surface area contributed by atoms with Gasteiger partial charge in [0.2, 0.25) is 0 Å². The second-order valence-electron chi connectivity index (χ2n) is 7.01. The number of rotatable bonds is 0. The molecule has 0 aliphatic heterocycles. The molecule has 2 aromatic heterocycles. The van der Waals surface area contributed by atoms with Crippen molar-refractivity contribution in [3.63, 3.8) is 0 Å². The lowest BCUT2D eigenvalue weighted by molar-refractivity contribution is 0.506. The number of aromatic nitrogens is 2. The van der Waals surface area contributed by atoms with Gasteiger partial charge in [0.1, 0.15) is 5.65 Å². The number of pyridine rings is 1. The Labute approximate surface area is 124 Å². The zero-order chi connectivity index (χ0) is 14.6. The molecule has 0 bridgehead atoms. The van der Waals surface area contributed by atoms with E-state index in [2.05, 4.69) is 45.9 Å². The van der Waals surface area contributed by atoms with Gasteiger partial charge in [0.25, 0.3) is 0 Å². The Morgan fingerprint density at radius 2 is 1.53 bits per heavy atom. The van der Waals surface area contributed by atoms with Gasteiger partial charge in [0.05, 0.1) is 21.4 Å². The van der Waals surface area contributed by atoms with Gasteiger partial charge in [-0.15, -0.1) is 0 Å². The smallest absolute Gasteiger partial charge is 0.138 e. The highest BCUT2D eigenvalue weighted by atomic mass is 35.5. The first kappa shape index (κ1) is 14.7. The van der Waals surface area contributed by atoms with E-state index in [0.29, 0.717) is 10.0 Å². The van der Waals surface area contributed by atoms with Gasteiger partial charge in [-0.2, -0.15) is 0 Å². The number of nitrogens with zero attached hydrogens (tertiary/aromatic N) is 2. The summed E-state index contributed by atoms with van der Waals surface area (Å²) in [6.07, 6.45) is 1.86. The van der Waals surface area contributed by atoms with Gasteiger partial charge in [-0.05, 0) is 0 Å². The summed E-state index contributed by atoms with van der Waals surface area (Å²) in [5.74, 6) is 0. The van der Waals surface area contributed by atoms with E-state index in [0.717, 1.165) is 11.3 Å². The van der Waals surface area contributed by atoms with Crippen LogP contribution in [-0.4, -0.2) is 9.38 Å². The molecule has 2 heterocycles. The van der Waals surface area contributed by atoms with Crippen LogP contribution >= 0.6 is 23.2 Å². The van der Waals surface area contributed by atoms with Crippen LogP contribution < -0.4 is 0 Å². The maximum Gasteiger partial charge on any atom is 0.138 e. The third-order valence-electron chi connectivity index (χ3n) is 3.09. The molecule has 104 valence electrons. The summed E-state index contributed by atoms with van der Waals surface area (Å²) >= 11 is 12.2. The Hall–Kier alpha value is -0.730. The summed E-state index contributed by atoms with van der Waals surface area (Å²) < 4.78 is 2.06. The van der Waals surface area contributed by atoms with Crippen molar-refractivity contribution in [2.45, 2.75) is 52.4 Å². The summed E-state index contributed by atoms with van der Waals surface area (Å²) in [4.78, 5) is 4.77. The Bertz CT molecular complexity index is 628.